The largest absolute Gasteiger partial charge is 0.384 e. The number of halogens is 2. The van der Waals surface area contributed by atoms with Crippen LogP contribution in [-0.4, -0.2) is 17.1 Å². The van der Waals surface area contributed by atoms with Gasteiger partial charge < -0.3 is 10.5 Å². The van der Waals surface area contributed by atoms with E-state index in [1.807, 2.05) is 0 Å². The molecule has 2 rings (SSSR count). The van der Waals surface area contributed by atoms with E-state index < -0.39 is 11.6 Å². The Balaban J connectivity index is 2.27. The molecule has 0 unspecified atom stereocenters. The van der Waals surface area contributed by atoms with E-state index in [0.29, 0.717) is 29.5 Å². The van der Waals surface area contributed by atoms with Crippen molar-refractivity contribution in [2.24, 2.45) is 0 Å². The van der Waals surface area contributed by atoms with Crippen molar-refractivity contribution in [3.63, 3.8) is 0 Å². The van der Waals surface area contributed by atoms with Crippen molar-refractivity contribution < 1.29 is 13.5 Å². The molecule has 6 heteroatoms. The smallest absolute Gasteiger partial charge is 0.135 e. The molecule has 0 saturated carbocycles. The minimum absolute atomic E-state index is 0.205. The lowest BCUT2D eigenvalue weighted by Crippen LogP contribution is -2.05. The zero-order valence-electron chi connectivity index (χ0n) is 10.4. The fraction of sp³-hybridized carbons (Fsp3) is 0.231. The summed E-state index contributed by atoms with van der Waals surface area (Å²) >= 11 is 0. The molecule has 0 spiro atoms. The van der Waals surface area contributed by atoms with Crippen LogP contribution in [0.25, 0.3) is 0 Å². The van der Waals surface area contributed by atoms with Crippen molar-refractivity contribution in [3.8, 4) is 0 Å². The van der Waals surface area contributed by atoms with E-state index in [0.717, 1.165) is 6.07 Å². The zero-order chi connectivity index (χ0) is 13.8. The molecule has 0 bridgehead atoms. The zero-order valence-corrected chi connectivity index (χ0v) is 10.4. The fourth-order valence-electron chi connectivity index (χ4n) is 1.77. The van der Waals surface area contributed by atoms with E-state index in [9.17, 15) is 8.78 Å². The number of anilines is 1. The van der Waals surface area contributed by atoms with Crippen LogP contribution in [0.5, 0.6) is 0 Å². The predicted octanol–water partition coefficient (Wildman–Crippen LogP) is 2.07. The normalized spacial score (nSPS) is 10.7. The first-order chi connectivity index (χ1) is 9.06. The van der Waals surface area contributed by atoms with Gasteiger partial charge in [0.2, 0.25) is 0 Å². The molecular weight excluding hydrogens is 252 g/mol. The molecule has 0 aliphatic carbocycles. The van der Waals surface area contributed by atoms with Crippen LogP contribution in [0.4, 0.5) is 14.6 Å². The first kappa shape index (κ1) is 13.4. The van der Waals surface area contributed by atoms with Crippen molar-refractivity contribution in [1.29, 1.82) is 0 Å². The Morgan fingerprint density at radius 2 is 1.79 bits per heavy atom. The van der Waals surface area contributed by atoms with E-state index in [1.165, 1.54) is 12.1 Å². The van der Waals surface area contributed by atoms with E-state index in [4.69, 9.17) is 10.5 Å². The second-order valence-electron chi connectivity index (χ2n) is 4.09. The Hall–Kier alpha value is -2.08. The molecule has 0 aliphatic rings. The van der Waals surface area contributed by atoms with Crippen LogP contribution in [0.1, 0.15) is 17.1 Å². The standard InChI is InChI=1S/C13H13F2N3O/c1-19-7-11-6-12(16)18-13(17-11)4-8-2-9(14)5-10(15)3-8/h2-3,5-6H,4,7H2,1H3,(H2,16,17,18). The average molecular weight is 265 g/mol. The summed E-state index contributed by atoms with van der Waals surface area (Å²) in [5, 5.41) is 0. The molecule has 0 radical (unpaired) electrons. The van der Waals surface area contributed by atoms with Gasteiger partial charge in [0, 0.05) is 25.7 Å². The molecule has 0 fully saturated rings. The molecule has 1 aromatic heterocycles. The maximum absolute atomic E-state index is 13.1. The summed E-state index contributed by atoms with van der Waals surface area (Å²) in [6.07, 6.45) is 0.205. The van der Waals surface area contributed by atoms with Crippen molar-refractivity contribution in [2.75, 3.05) is 12.8 Å². The van der Waals surface area contributed by atoms with Crippen LogP contribution in [0, 0.1) is 11.6 Å². The van der Waals surface area contributed by atoms with E-state index in [-0.39, 0.29) is 6.42 Å². The number of hydrogen-bond acceptors (Lipinski definition) is 4. The van der Waals surface area contributed by atoms with Gasteiger partial charge in [-0.15, -0.1) is 0 Å². The summed E-state index contributed by atoms with van der Waals surface area (Å²) in [4.78, 5) is 8.25. The van der Waals surface area contributed by atoms with E-state index >= 15 is 0 Å². The maximum Gasteiger partial charge on any atom is 0.135 e. The van der Waals surface area contributed by atoms with Gasteiger partial charge in [-0.05, 0) is 17.7 Å². The number of rotatable bonds is 4. The SMILES string of the molecule is COCc1cc(N)nc(Cc2cc(F)cc(F)c2)n1. The summed E-state index contributed by atoms with van der Waals surface area (Å²) < 4.78 is 31.1. The maximum atomic E-state index is 13.1. The van der Waals surface area contributed by atoms with Gasteiger partial charge in [0.1, 0.15) is 23.3 Å². The molecule has 1 heterocycles. The van der Waals surface area contributed by atoms with Gasteiger partial charge in [0.25, 0.3) is 0 Å². The van der Waals surface area contributed by atoms with Crippen molar-refractivity contribution in [3.05, 3.63) is 53.0 Å². The molecular formula is C13H13F2N3O. The fourth-order valence-corrected chi connectivity index (χ4v) is 1.77. The Morgan fingerprint density at radius 3 is 2.42 bits per heavy atom. The summed E-state index contributed by atoms with van der Waals surface area (Å²) in [7, 11) is 1.54. The first-order valence-corrected chi connectivity index (χ1v) is 5.63. The number of nitrogen functional groups attached to an aromatic ring is 1. The number of aromatic nitrogens is 2. The van der Waals surface area contributed by atoms with Crippen LogP contribution in [0.3, 0.4) is 0 Å². The van der Waals surface area contributed by atoms with Crippen LogP contribution < -0.4 is 5.73 Å². The third-order valence-corrected chi connectivity index (χ3v) is 2.42. The Kier molecular flexibility index (Phi) is 4.01. The molecule has 0 amide bonds. The lowest BCUT2D eigenvalue weighted by molar-refractivity contribution is 0.181. The number of methoxy groups -OCH3 is 1. The number of nitrogens with two attached hydrogens (primary N) is 1. The molecule has 19 heavy (non-hydrogen) atoms. The minimum atomic E-state index is -0.629. The monoisotopic (exact) mass is 265 g/mol. The van der Waals surface area contributed by atoms with Gasteiger partial charge in [-0.1, -0.05) is 0 Å². The third-order valence-electron chi connectivity index (χ3n) is 2.42. The van der Waals surface area contributed by atoms with Crippen molar-refractivity contribution in [2.45, 2.75) is 13.0 Å². The van der Waals surface area contributed by atoms with Gasteiger partial charge in [0.15, 0.2) is 0 Å². The van der Waals surface area contributed by atoms with Gasteiger partial charge in [-0.3, -0.25) is 0 Å². The molecule has 0 atom stereocenters. The highest BCUT2D eigenvalue weighted by Crippen LogP contribution is 2.13. The van der Waals surface area contributed by atoms with Crippen LogP contribution in [0.2, 0.25) is 0 Å². The summed E-state index contributed by atoms with van der Waals surface area (Å²) in [6.45, 7) is 0.303. The quantitative estimate of drug-likeness (QED) is 0.919. The lowest BCUT2D eigenvalue weighted by Gasteiger charge is -2.06. The Morgan fingerprint density at radius 1 is 1.11 bits per heavy atom. The van der Waals surface area contributed by atoms with E-state index in [1.54, 1.807) is 13.2 Å². The molecule has 0 saturated heterocycles. The van der Waals surface area contributed by atoms with Gasteiger partial charge in [-0.25, -0.2) is 18.7 Å². The Labute approximate surface area is 109 Å². The van der Waals surface area contributed by atoms with E-state index in [2.05, 4.69) is 9.97 Å². The van der Waals surface area contributed by atoms with Crippen molar-refractivity contribution in [1.82, 2.24) is 9.97 Å². The highest BCUT2D eigenvalue weighted by Gasteiger charge is 2.06. The molecule has 1 aromatic carbocycles. The molecule has 0 aliphatic heterocycles. The summed E-state index contributed by atoms with van der Waals surface area (Å²) in [5.74, 6) is -0.557. The van der Waals surface area contributed by atoms with Crippen LogP contribution in [0.15, 0.2) is 24.3 Å². The summed E-state index contributed by atoms with van der Waals surface area (Å²) in [6, 6.07) is 4.90. The molecule has 2 aromatic rings. The highest BCUT2D eigenvalue weighted by atomic mass is 19.1. The number of nitrogens with zero attached hydrogens (tertiary/aromatic N) is 2. The molecule has 4 nitrogen and oxygen atoms in total. The van der Waals surface area contributed by atoms with Crippen molar-refractivity contribution >= 4 is 5.82 Å². The summed E-state index contributed by atoms with van der Waals surface area (Å²) in [5.41, 5.74) is 6.73. The van der Waals surface area contributed by atoms with Gasteiger partial charge in [-0.2, -0.15) is 0 Å². The highest BCUT2D eigenvalue weighted by molar-refractivity contribution is 5.31. The van der Waals surface area contributed by atoms with Crippen LogP contribution in [-0.2, 0) is 17.8 Å². The number of hydrogen-bond donors (Lipinski definition) is 1. The second-order valence-corrected chi connectivity index (χ2v) is 4.09. The third kappa shape index (κ3) is 3.69. The second kappa shape index (κ2) is 5.71. The minimum Gasteiger partial charge on any atom is -0.384 e. The topological polar surface area (TPSA) is 61.0 Å². The molecule has 100 valence electrons. The van der Waals surface area contributed by atoms with Gasteiger partial charge in [0.05, 0.1) is 12.3 Å². The van der Waals surface area contributed by atoms with Gasteiger partial charge >= 0.3 is 0 Å². The van der Waals surface area contributed by atoms with Crippen LogP contribution >= 0.6 is 0 Å². The number of ether oxygens (including phenoxy) is 1. The predicted molar refractivity (Wildman–Crippen MR) is 66.3 cm³/mol. The molecule has 2 N–H and O–H groups in total. The lowest BCUT2D eigenvalue weighted by atomic mass is 10.1. The number of benzene rings is 1. The first-order valence-electron chi connectivity index (χ1n) is 5.63. The Bertz CT molecular complexity index is 570. The average Bonchev–Trinajstić information content (AvgIpc) is 2.26.